The molecule has 2 atom stereocenters. The number of amides is 2. The van der Waals surface area contributed by atoms with Gasteiger partial charge in [0, 0.05) is 36.3 Å². The Morgan fingerprint density at radius 2 is 1.79 bits per heavy atom. The molecule has 2 heterocycles. The van der Waals surface area contributed by atoms with E-state index in [-0.39, 0.29) is 17.7 Å². The number of likely N-dealkylation sites (tertiary alicyclic amines) is 1. The maximum absolute atomic E-state index is 13.4. The second-order valence-electron chi connectivity index (χ2n) is 8.41. The number of nitrogens with zero attached hydrogens (tertiary/aromatic N) is 2. The van der Waals surface area contributed by atoms with Crippen LogP contribution in [0.25, 0.3) is 0 Å². The van der Waals surface area contributed by atoms with Gasteiger partial charge in [-0.2, -0.15) is 0 Å². The summed E-state index contributed by atoms with van der Waals surface area (Å²) < 4.78 is 11.1. The Balaban J connectivity index is 1.62. The molecule has 0 bridgehead atoms. The van der Waals surface area contributed by atoms with E-state index in [2.05, 4.69) is 10.3 Å². The van der Waals surface area contributed by atoms with Gasteiger partial charge in [0.2, 0.25) is 5.91 Å². The van der Waals surface area contributed by atoms with Crippen LogP contribution < -0.4 is 14.8 Å². The summed E-state index contributed by atoms with van der Waals surface area (Å²) in [7, 11) is 3.17. The molecule has 2 aromatic carbocycles. The Labute approximate surface area is 199 Å². The molecular formula is C27H29N3O4. The van der Waals surface area contributed by atoms with Gasteiger partial charge in [-0.1, -0.05) is 35.9 Å². The number of benzene rings is 2. The van der Waals surface area contributed by atoms with E-state index in [0.717, 1.165) is 16.8 Å². The fraction of sp³-hybridized carbons (Fsp3) is 0.296. The monoisotopic (exact) mass is 459 g/mol. The first-order valence-electron chi connectivity index (χ1n) is 11.3. The van der Waals surface area contributed by atoms with Gasteiger partial charge >= 0.3 is 0 Å². The Morgan fingerprint density at radius 1 is 1.00 bits per heavy atom. The largest absolute Gasteiger partial charge is 0.493 e. The SMILES string of the molecule is COc1cccc([C@@H]2CN(C(=O)c3ccc(C)cc3)C[C@@H]2C(=O)NCc2ccccn2)c1OC. The molecule has 4 rings (SSSR count). The van der Waals surface area contributed by atoms with Crippen molar-refractivity contribution in [1.29, 1.82) is 0 Å². The molecule has 3 aromatic rings. The minimum atomic E-state index is -0.445. The van der Waals surface area contributed by atoms with Crippen LogP contribution in [0.2, 0.25) is 0 Å². The number of ether oxygens (including phenoxy) is 2. The number of para-hydroxylation sites is 1. The van der Waals surface area contributed by atoms with Crippen LogP contribution in [-0.4, -0.2) is 49.0 Å². The summed E-state index contributed by atoms with van der Waals surface area (Å²) in [6.07, 6.45) is 1.70. The molecule has 176 valence electrons. The molecule has 7 nitrogen and oxygen atoms in total. The average Bonchev–Trinajstić information content (AvgIpc) is 3.32. The maximum atomic E-state index is 13.4. The summed E-state index contributed by atoms with van der Waals surface area (Å²) in [5.74, 6) is 0.270. The summed E-state index contributed by atoms with van der Waals surface area (Å²) in [4.78, 5) is 32.7. The smallest absolute Gasteiger partial charge is 0.253 e. The fourth-order valence-electron chi connectivity index (χ4n) is 4.44. The molecule has 0 aliphatic carbocycles. The highest BCUT2D eigenvalue weighted by Gasteiger charge is 2.42. The van der Waals surface area contributed by atoms with Gasteiger partial charge in [0.1, 0.15) is 0 Å². The van der Waals surface area contributed by atoms with Crippen molar-refractivity contribution in [2.24, 2.45) is 5.92 Å². The van der Waals surface area contributed by atoms with Gasteiger partial charge in [-0.05, 0) is 37.3 Å². The first-order valence-corrected chi connectivity index (χ1v) is 11.3. The zero-order chi connectivity index (χ0) is 24.1. The Hall–Kier alpha value is -3.87. The minimum absolute atomic E-state index is 0.0908. The second-order valence-corrected chi connectivity index (χ2v) is 8.41. The summed E-state index contributed by atoms with van der Waals surface area (Å²) in [6.45, 7) is 3.02. The van der Waals surface area contributed by atoms with Crippen molar-refractivity contribution in [3.05, 3.63) is 89.2 Å². The lowest BCUT2D eigenvalue weighted by atomic mass is 9.87. The Kier molecular flexibility index (Phi) is 7.11. The number of aryl methyl sites for hydroxylation is 1. The number of carbonyl (C=O) groups is 2. The number of aromatic nitrogens is 1. The predicted octanol–water partition coefficient (Wildman–Crippen LogP) is 3.58. The lowest BCUT2D eigenvalue weighted by Crippen LogP contribution is -2.35. The topological polar surface area (TPSA) is 80.8 Å². The number of hydrogen-bond donors (Lipinski definition) is 1. The highest BCUT2D eigenvalue weighted by atomic mass is 16.5. The molecular weight excluding hydrogens is 430 g/mol. The van der Waals surface area contributed by atoms with Crippen LogP contribution in [0.4, 0.5) is 0 Å². The molecule has 1 aliphatic heterocycles. The van der Waals surface area contributed by atoms with Crippen LogP contribution in [0.3, 0.4) is 0 Å². The van der Waals surface area contributed by atoms with Crippen molar-refractivity contribution in [2.45, 2.75) is 19.4 Å². The van der Waals surface area contributed by atoms with E-state index in [1.54, 1.807) is 25.3 Å². The van der Waals surface area contributed by atoms with Gasteiger partial charge in [0.25, 0.3) is 5.91 Å². The van der Waals surface area contributed by atoms with Crippen LogP contribution in [0.15, 0.2) is 66.9 Å². The van der Waals surface area contributed by atoms with Gasteiger partial charge < -0.3 is 19.7 Å². The molecule has 1 fully saturated rings. The van der Waals surface area contributed by atoms with Crippen LogP contribution in [-0.2, 0) is 11.3 Å². The third-order valence-corrected chi connectivity index (χ3v) is 6.25. The van der Waals surface area contributed by atoms with Gasteiger partial charge in [-0.3, -0.25) is 14.6 Å². The average molecular weight is 460 g/mol. The number of rotatable bonds is 7. The molecule has 1 aliphatic rings. The quantitative estimate of drug-likeness (QED) is 0.584. The fourth-order valence-corrected chi connectivity index (χ4v) is 4.44. The van der Waals surface area contributed by atoms with Crippen molar-refractivity contribution >= 4 is 11.8 Å². The number of nitrogens with one attached hydrogen (secondary N) is 1. The third kappa shape index (κ3) is 4.88. The minimum Gasteiger partial charge on any atom is -0.493 e. The van der Waals surface area contributed by atoms with Crippen LogP contribution in [0, 0.1) is 12.8 Å². The zero-order valence-electron chi connectivity index (χ0n) is 19.7. The standard InChI is InChI=1S/C27H29N3O4/c1-18-10-12-19(13-11-18)27(32)30-16-22(21-8-6-9-24(33-2)25(21)34-3)23(17-30)26(31)29-15-20-7-4-5-14-28-20/h4-14,22-23H,15-17H2,1-3H3,(H,29,31)/t22-,23-/m0/s1. The lowest BCUT2D eigenvalue weighted by molar-refractivity contribution is -0.125. The number of pyridine rings is 1. The number of methoxy groups -OCH3 is 2. The molecule has 1 saturated heterocycles. The normalized spacial score (nSPS) is 17.3. The van der Waals surface area contributed by atoms with E-state index in [1.807, 2.05) is 67.6 Å². The van der Waals surface area contributed by atoms with Crippen LogP contribution in [0.5, 0.6) is 11.5 Å². The highest BCUT2D eigenvalue weighted by molar-refractivity contribution is 5.95. The number of hydrogen-bond acceptors (Lipinski definition) is 5. The third-order valence-electron chi connectivity index (χ3n) is 6.25. The van der Waals surface area contributed by atoms with Crippen molar-refractivity contribution < 1.29 is 19.1 Å². The second kappa shape index (κ2) is 10.4. The predicted molar refractivity (Wildman–Crippen MR) is 129 cm³/mol. The zero-order valence-corrected chi connectivity index (χ0v) is 19.7. The summed E-state index contributed by atoms with van der Waals surface area (Å²) in [5, 5.41) is 3.00. The van der Waals surface area contributed by atoms with E-state index < -0.39 is 5.92 Å². The molecule has 0 saturated carbocycles. The maximum Gasteiger partial charge on any atom is 0.253 e. The molecule has 1 N–H and O–H groups in total. The summed E-state index contributed by atoms with van der Waals surface area (Å²) in [6, 6.07) is 18.7. The lowest BCUT2D eigenvalue weighted by Gasteiger charge is -2.21. The Bertz CT molecular complexity index is 1150. The van der Waals surface area contributed by atoms with E-state index in [0.29, 0.717) is 36.7 Å². The van der Waals surface area contributed by atoms with Crippen LogP contribution in [0.1, 0.15) is 33.1 Å². The summed E-state index contributed by atoms with van der Waals surface area (Å²) in [5.41, 5.74) is 3.32. The van der Waals surface area contributed by atoms with Gasteiger partial charge in [0.15, 0.2) is 11.5 Å². The van der Waals surface area contributed by atoms with Crippen molar-refractivity contribution in [1.82, 2.24) is 15.2 Å². The van der Waals surface area contributed by atoms with E-state index >= 15 is 0 Å². The molecule has 0 radical (unpaired) electrons. The van der Waals surface area contributed by atoms with E-state index in [4.69, 9.17) is 9.47 Å². The first kappa shape index (κ1) is 23.3. The van der Waals surface area contributed by atoms with Crippen molar-refractivity contribution in [3.63, 3.8) is 0 Å². The van der Waals surface area contributed by atoms with Crippen molar-refractivity contribution in [3.8, 4) is 11.5 Å². The number of carbonyl (C=O) groups excluding carboxylic acids is 2. The molecule has 2 amide bonds. The van der Waals surface area contributed by atoms with Gasteiger partial charge in [-0.15, -0.1) is 0 Å². The molecule has 1 aromatic heterocycles. The van der Waals surface area contributed by atoms with Crippen molar-refractivity contribution in [2.75, 3.05) is 27.3 Å². The molecule has 0 spiro atoms. The van der Waals surface area contributed by atoms with Gasteiger partial charge in [0.05, 0.1) is 32.4 Å². The Morgan fingerprint density at radius 3 is 2.47 bits per heavy atom. The van der Waals surface area contributed by atoms with Gasteiger partial charge in [-0.25, -0.2) is 0 Å². The van der Waals surface area contributed by atoms with E-state index in [9.17, 15) is 9.59 Å². The molecule has 0 unspecified atom stereocenters. The first-order chi connectivity index (χ1) is 16.5. The molecule has 34 heavy (non-hydrogen) atoms. The highest BCUT2D eigenvalue weighted by Crippen LogP contribution is 2.42. The summed E-state index contributed by atoms with van der Waals surface area (Å²) >= 11 is 0. The van der Waals surface area contributed by atoms with Crippen LogP contribution >= 0.6 is 0 Å². The molecule has 7 heteroatoms. The van der Waals surface area contributed by atoms with E-state index in [1.165, 1.54) is 0 Å².